The van der Waals surface area contributed by atoms with Crippen molar-refractivity contribution in [3.8, 4) is 5.75 Å². The van der Waals surface area contributed by atoms with E-state index in [1.165, 1.54) is 11.3 Å². The second-order valence-corrected chi connectivity index (χ2v) is 4.86. The van der Waals surface area contributed by atoms with Crippen molar-refractivity contribution < 1.29 is 14.6 Å². The van der Waals surface area contributed by atoms with Gasteiger partial charge >= 0.3 is 5.97 Å². The Labute approximate surface area is 88.5 Å². The van der Waals surface area contributed by atoms with Gasteiger partial charge < -0.3 is 9.84 Å². The van der Waals surface area contributed by atoms with Crippen molar-refractivity contribution in [2.24, 2.45) is 0 Å². The zero-order valence-corrected chi connectivity index (χ0v) is 9.44. The summed E-state index contributed by atoms with van der Waals surface area (Å²) in [6.45, 7) is 2.42. The van der Waals surface area contributed by atoms with Crippen molar-refractivity contribution >= 4 is 33.2 Å². The Morgan fingerprint density at radius 3 is 3.00 bits per heavy atom. The van der Waals surface area contributed by atoms with Gasteiger partial charge in [0.2, 0.25) is 0 Å². The van der Waals surface area contributed by atoms with Crippen LogP contribution in [0.5, 0.6) is 5.75 Å². The summed E-state index contributed by atoms with van der Waals surface area (Å²) in [5.74, 6) is -0.169. The lowest BCUT2D eigenvalue weighted by molar-refractivity contribution is -0.136. The number of rotatable bonds is 4. The topological polar surface area (TPSA) is 46.5 Å². The van der Waals surface area contributed by atoms with E-state index in [4.69, 9.17) is 9.84 Å². The van der Waals surface area contributed by atoms with E-state index in [1.807, 2.05) is 6.92 Å². The number of aliphatic carboxylic acids is 1. The summed E-state index contributed by atoms with van der Waals surface area (Å²) in [4.78, 5) is 11.2. The first-order chi connectivity index (χ1) is 6.13. The molecular weight excluding hydrogens is 256 g/mol. The molecule has 0 unspecified atom stereocenters. The van der Waals surface area contributed by atoms with E-state index >= 15 is 0 Å². The van der Waals surface area contributed by atoms with Crippen molar-refractivity contribution in [1.82, 2.24) is 0 Å². The highest BCUT2D eigenvalue weighted by Gasteiger charge is 2.11. The van der Waals surface area contributed by atoms with E-state index in [0.717, 1.165) is 8.66 Å². The molecule has 0 amide bonds. The Morgan fingerprint density at radius 2 is 2.46 bits per heavy atom. The number of ether oxygens (including phenoxy) is 1. The van der Waals surface area contributed by atoms with Crippen LogP contribution in [-0.2, 0) is 11.2 Å². The molecule has 1 aromatic heterocycles. The molecule has 1 N–H and O–H groups in total. The second-order valence-electron chi connectivity index (χ2n) is 2.34. The van der Waals surface area contributed by atoms with E-state index in [-0.39, 0.29) is 6.42 Å². The van der Waals surface area contributed by atoms with Gasteiger partial charge in [-0.1, -0.05) is 0 Å². The van der Waals surface area contributed by atoms with E-state index < -0.39 is 5.97 Å². The highest BCUT2D eigenvalue weighted by molar-refractivity contribution is 9.11. The van der Waals surface area contributed by atoms with Crippen molar-refractivity contribution in [1.29, 1.82) is 0 Å². The third-order valence-electron chi connectivity index (χ3n) is 1.35. The Hall–Kier alpha value is -0.550. The molecule has 0 bridgehead atoms. The van der Waals surface area contributed by atoms with Crippen LogP contribution in [0.1, 0.15) is 11.8 Å². The minimum Gasteiger partial charge on any atom is -0.493 e. The van der Waals surface area contributed by atoms with Crippen molar-refractivity contribution in [3.05, 3.63) is 14.7 Å². The maximum atomic E-state index is 10.5. The Bertz CT molecular complexity index is 308. The van der Waals surface area contributed by atoms with Crippen LogP contribution in [0.4, 0.5) is 0 Å². The fourth-order valence-electron chi connectivity index (χ4n) is 0.919. The molecule has 1 heterocycles. The molecule has 0 saturated carbocycles. The number of carbonyl (C=O) groups is 1. The maximum absolute atomic E-state index is 10.5. The van der Waals surface area contributed by atoms with Crippen LogP contribution in [0.15, 0.2) is 9.85 Å². The summed E-state index contributed by atoms with van der Waals surface area (Å²) in [7, 11) is 0. The Morgan fingerprint density at radius 1 is 1.77 bits per heavy atom. The lowest BCUT2D eigenvalue weighted by atomic mass is 10.3. The zero-order valence-electron chi connectivity index (χ0n) is 7.04. The molecule has 72 valence electrons. The van der Waals surface area contributed by atoms with Gasteiger partial charge in [-0.15, -0.1) is 11.3 Å². The fraction of sp³-hybridized carbons (Fsp3) is 0.375. The molecule has 3 nitrogen and oxygen atoms in total. The van der Waals surface area contributed by atoms with Gasteiger partial charge in [0.1, 0.15) is 5.75 Å². The fourth-order valence-corrected chi connectivity index (χ4v) is 2.53. The van der Waals surface area contributed by atoms with Crippen LogP contribution < -0.4 is 4.74 Å². The molecule has 1 aromatic rings. The van der Waals surface area contributed by atoms with Gasteiger partial charge in [0.05, 0.1) is 21.7 Å². The monoisotopic (exact) mass is 264 g/mol. The molecule has 5 heteroatoms. The second kappa shape index (κ2) is 4.62. The molecule has 0 aliphatic carbocycles. The van der Waals surface area contributed by atoms with Crippen molar-refractivity contribution in [2.45, 2.75) is 13.3 Å². The molecule has 13 heavy (non-hydrogen) atoms. The normalized spacial score (nSPS) is 10.0. The van der Waals surface area contributed by atoms with Crippen LogP contribution in [0.2, 0.25) is 0 Å². The summed E-state index contributed by atoms with van der Waals surface area (Å²) < 4.78 is 6.17. The molecule has 0 spiro atoms. The standard InChI is InChI=1S/C8H9BrO3S/c1-2-12-5-3-7(9)13-6(5)4-8(10)11/h3H,2,4H2,1H3,(H,10,11). The van der Waals surface area contributed by atoms with Gasteiger partial charge in [0.25, 0.3) is 0 Å². The number of halogens is 1. The van der Waals surface area contributed by atoms with Gasteiger partial charge in [-0.3, -0.25) is 4.79 Å². The molecule has 0 aromatic carbocycles. The van der Waals surface area contributed by atoms with Gasteiger partial charge in [-0.25, -0.2) is 0 Å². The largest absolute Gasteiger partial charge is 0.493 e. The lowest BCUT2D eigenvalue weighted by Gasteiger charge is -2.01. The molecular formula is C8H9BrO3S. The van der Waals surface area contributed by atoms with Gasteiger partial charge in [0, 0.05) is 6.07 Å². The minimum atomic E-state index is -0.838. The molecule has 0 saturated heterocycles. The first kappa shape index (κ1) is 10.5. The first-order valence-electron chi connectivity index (χ1n) is 3.76. The summed E-state index contributed by atoms with van der Waals surface area (Å²) >= 11 is 4.68. The molecule has 0 atom stereocenters. The van der Waals surface area contributed by atoms with Gasteiger partial charge in [0.15, 0.2) is 0 Å². The van der Waals surface area contributed by atoms with Crippen molar-refractivity contribution in [2.75, 3.05) is 6.61 Å². The number of carboxylic acids is 1. The molecule has 0 fully saturated rings. The summed E-state index contributed by atoms with van der Waals surface area (Å²) in [5.41, 5.74) is 0. The van der Waals surface area contributed by atoms with E-state index in [0.29, 0.717) is 12.4 Å². The molecule has 0 aliphatic rings. The predicted octanol–water partition coefficient (Wildman–Crippen LogP) is 2.54. The lowest BCUT2D eigenvalue weighted by Crippen LogP contribution is -2.00. The highest BCUT2D eigenvalue weighted by atomic mass is 79.9. The number of carboxylic acid groups (broad SMARTS) is 1. The van der Waals surface area contributed by atoms with E-state index in [1.54, 1.807) is 6.07 Å². The van der Waals surface area contributed by atoms with E-state index in [9.17, 15) is 4.79 Å². The number of thiophene rings is 1. The number of hydrogen-bond donors (Lipinski definition) is 1. The summed E-state index contributed by atoms with van der Waals surface area (Å²) in [5, 5.41) is 8.60. The Kier molecular flexibility index (Phi) is 3.74. The molecule has 1 rings (SSSR count). The number of hydrogen-bond acceptors (Lipinski definition) is 3. The van der Waals surface area contributed by atoms with Crippen molar-refractivity contribution in [3.63, 3.8) is 0 Å². The van der Waals surface area contributed by atoms with Crippen LogP contribution >= 0.6 is 27.3 Å². The average molecular weight is 265 g/mol. The van der Waals surface area contributed by atoms with Gasteiger partial charge in [-0.2, -0.15) is 0 Å². The SMILES string of the molecule is CCOc1cc(Br)sc1CC(=O)O. The predicted molar refractivity (Wildman–Crippen MR) is 54.5 cm³/mol. The summed E-state index contributed by atoms with van der Waals surface area (Å²) in [6, 6.07) is 1.80. The Balaban J connectivity index is 2.83. The first-order valence-corrected chi connectivity index (χ1v) is 5.37. The minimum absolute atomic E-state index is 0.0194. The smallest absolute Gasteiger partial charge is 0.308 e. The quantitative estimate of drug-likeness (QED) is 0.909. The summed E-state index contributed by atoms with van der Waals surface area (Å²) in [6.07, 6.45) is 0.0194. The van der Waals surface area contributed by atoms with E-state index in [2.05, 4.69) is 15.9 Å². The van der Waals surface area contributed by atoms with Crippen LogP contribution in [0, 0.1) is 0 Å². The van der Waals surface area contributed by atoms with Crippen LogP contribution in [0.3, 0.4) is 0 Å². The average Bonchev–Trinajstić information content (AvgIpc) is 2.31. The third-order valence-corrected chi connectivity index (χ3v) is 2.97. The molecule has 0 radical (unpaired) electrons. The third kappa shape index (κ3) is 3.00. The zero-order chi connectivity index (χ0) is 9.84. The van der Waals surface area contributed by atoms with Gasteiger partial charge in [-0.05, 0) is 22.9 Å². The molecule has 0 aliphatic heterocycles. The van der Waals surface area contributed by atoms with Crippen LogP contribution in [-0.4, -0.2) is 17.7 Å². The van der Waals surface area contributed by atoms with Crippen LogP contribution in [0.25, 0.3) is 0 Å². The highest BCUT2D eigenvalue weighted by Crippen LogP contribution is 2.33. The maximum Gasteiger partial charge on any atom is 0.308 e.